The Morgan fingerprint density at radius 3 is 2.50 bits per heavy atom. The summed E-state index contributed by atoms with van der Waals surface area (Å²) < 4.78 is 11.4. The molecule has 1 spiro atoms. The fraction of sp³-hybridized carbons (Fsp3) is 0.400. The van der Waals surface area contributed by atoms with Gasteiger partial charge in [-0.15, -0.1) is 0 Å². The molecule has 0 radical (unpaired) electrons. The van der Waals surface area contributed by atoms with E-state index in [1.165, 1.54) is 0 Å². The van der Waals surface area contributed by atoms with Crippen molar-refractivity contribution in [1.29, 1.82) is 0 Å². The van der Waals surface area contributed by atoms with E-state index in [1.54, 1.807) is 42.5 Å². The number of carbonyl (C=O) groups is 3. The van der Waals surface area contributed by atoms with Crippen LogP contribution in [-0.4, -0.2) is 41.4 Å². The number of nitrogens with zero attached hydrogens (tertiary/aromatic N) is 1. The minimum Gasteiger partial charge on any atom is -0.494 e. The third kappa shape index (κ3) is 5.12. The Balaban J connectivity index is 1.44. The Labute approximate surface area is 203 Å². The van der Waals surface area contributed by atoms with E-state index >= 15 is 0 Å². The van der Waals surface area contributed by atoms with Gasteiger partial charge in [0.2, 0.25) is 5.91 Å². The van der Waals surface area contributed by atoms with Crippen molar-refractivity contribution >= 4 is 35.1 Å². The van der Waals surface area contributed by atoms with Crippen LogP contribution in [0.5, 0.6) is 17.2 Å². The van der Waals surface area contributed by atoms with Crippen LogP contribution in [0.25, 0.3) is 0 Å². The van der Waals surface area contributed by atoms with Crippen LogP contribution in [0, 0.1) is 5.92 Å². The number of hydrogen-bond acceptors (Lipinski definition) is 5. The first kappa shape index (κ1) is 23.9. The molecule has 0 unspecified atom stereocenters. The van der Waals surface area contributed by atoms with Gasteiger partial charge in [0.15, 0.2) is 5.75 Å². The van der Waals surface area contributed by atoms with E-state index in [4.69, 9.17) is 21.1 Å². The van der Waals surface area contributed by atoms with Gasteiger partial charge in [-0.2, -0.15) is 0 Å². The van der Waals surface area contributed by atoms with Crippen molar-refractivity contribution in [1.82, 2.24) is 10.2 Å². The second kappa shape index (κ2) is 9.93. The number of anilines is 1. The predicted octanol–water partition coefficient (Wildman–Crippen LogP) is 4.97. The highest BCUT2D eigenvalue weighted by atomic mass is 35.5. The molecule has 0 atom stereocenters. The monoisotopic (exact) mass is 485 g/mol. The normalized spacial score (nSPS) is 22.0. The lowest BCUT2D eigenvalue weighted by Gasteiger charge is -2.33. The quantitative estimate of drug-likeness (QED) is 0.539. The zero-order chi connectivity index (χ0) is 24.3. The second-order valence-corrected chi connectivity index (χ2v) is 9.22. The van der Waals surface area contributed by atoms with Crippen molar-refractivity contribution in [2.24, 2.45) is 5.92 Å². The minimum atomic E-state index is -0.887. The molecule has 0 aromatic heterocycles. The van der Waals surface area contributed by atoms with Crippen LogP contribution < -0.4 is 20.1 Å². The van der Waals surface area contributed by atoms with Gasteiger partial charge in [-0.25, -0.2) is 4.79 Å². The van der Waals surface area contributed by atoms with E-state index in [0.29, 0.717) is 47.6 Å². The summed E-state index contributed by atoms with van der Waals surface area (Å²) in [5, 5.41) is 5.95. The molecule has 2 aromatic carbocycles. The number of ether oxygens (including phenoxy) is 2. The van der Waals surface area contributed by atoms with Crippen molar-refractivity contribution in [2.75, 3.05) is 18.5 Å². The van der Waals surface area contributed by atoms with Crippen molar-refractivity contribution in [3.8, 4) is 17.2 Å². The smallest absolute Gasteiger partial charge is 0.325 e. The summed E-state index contributed by atoms with van der Waals surface area (Å²) in [5.74, 6) is 1.29. The number of halogens is 1. The fourth-order valence-electron chi connectivity index (χ4n) is 4.33. The van der Waals surface area contributed by atoms with E-state index in [2.05, 4.69) is 17.6 Å². The lowest BCUT2D eigenvalue weighted by Crippen LogP contribution is -2.49. The van der Waals surface area contributed by atoms with E-state index in [1.807, 2.05) is 6.92 Å². The summed E-state index contributed by atoms with van der Waals surface area (Å²) in [4.78, 5) is 39.4. The van der Waals surface area contributed by atoms with Crippen LogP contribution in [0.3, 0.4) is 0 Å². The molecule has 1 aliphatic heterocycles. The number of urea groups is 1. The highest BCUT2D eigenvalue weighted by Gasteiger charge is 2.52. The molecular weight excluding hydrogens is 458 g/mol. The standard InChI is InChI=1S/C25H28ClN3O5/c1-3-33-18-5-7-19(8-6-18)34-21-9-4-17(26)14-20(21)27-22(30)15-29-23(31)25(28-24(29)32)12-10-16(2)11-13-25/h4-9,14,16H,3,10-13,15H2,1-2H3,(H,27,30)(H,28,32). The van der Waals surface area contributed by atoms with Gasteiger partial charge < -0.3 is 20.1 Å². The van der Waals surface area contributed by atoms with E-state index in [-0.39, 0.29) is 5.91 Å². The molecule has 2 aromatic rings. The molecule has 34 heavy (non-hydrogen) atoms. The number of nitrogens with one attached hydrogen (secondary N) is 2. The highest BCUT2D eigenvalue weighted by Crippen LogP contribution is 2.37. The number of hydrogen-bond donors (Lipinski definition) is 2. The van der Waals surface area contributed by atoms with Crippen molar-refractivity contribution in [3.63, 3.8) is 0 Å². The number of imide groups is 1. The molecule has 0 bridgehead atoms. The van der Waals surface area contributed by atoms with Gasteiger partial charge in [-0.1, -0.05) is 18.5 Å². The predicted molar refractivity (Wildman–Crippen MR) is 128 cm³/mol. The Bertz CT molecular complexity index is 1080. The topological polar surface area (TPSA) is 97.0 Å². The summed E-state index contributed by atoms with van der Waals surface area (Å²) in [6, 6.07) is 11.4. The van der Waals surface area contributed by atoms with Gasteiger partial charge in [-0.3, -0.25) is 14.5 Å². The Hall–Kier alpha value is -3.26. The number of rotatable bonds is 7. The highest BCUT2D eigenvalue weighted by molar-refractivity contribution is 6.31. The van der Waals surface area contributed by atoms with E-state index < -0.39 is 24.0 Å². The SMILES string of the molecule is CCOc1ccc(Oc2ccc(Cl)cc2NC(=O)CN2C(=O)NC3(CCC(C)CC3)C2=O)cc1. The van der Waals surface area contributed by atoms with Gasteiger partial charge in [-0.05, 0) is 81.0 Å². The van der Waals surface area contributed by atoms with Crippen molar-refractivity contribution in [2.45, 2.75) is 45.1 Å². The fourth-order valence-corrected chi connectivity index (χ4v) is 4.51. The van der Waals surface area contributed by atoms with E-state index in [9.17, 15) is 14.4 Å². The van der Waals surface area contributed by atoms with Crippen molar-refractivity contribution in [3.05, 3.63) is 47.5 Å². The summed E-state index contributed by atoms with van der Waals surface area (Å²) in [5.41, 5.74) is -0.554. The van der Waals surface area contributed by atoms with Crippen LogP contribution in [0.1, 0.15) is 39.5 Å². The molecular formula is C25H28ClN3O5. The lowest BCUT2D eigenvalue weighted by atomic mass is 9.77. The molecule has 4 amide bonds. The number of benzene rings is 2. The van der Waals surface area contributed by atoms with E-state index in [0.717, 1.165) is 23.5 Å². The zero-order valence-corrected chi connectivity index (χ0v) is 20.0. The molecule has 1 saturated heterocycles. The number of carbonyl (C=O) groups excluding carboxylic acids is 3. The van der Waals surface area contributed by atoms with Crippen LogP contribution in [-0.2, 0) is 9.59 Å². The van der Waals surface area contributed by atoms with Crippen LogP contribution in [0.2, 0.25) is 5.02 Å². The molecule has 2 aliphatic rings. The maximum atomic E-state index is 13.0. The first-order valence-electron chi connectivity index (χ1n) is 11.4. The average molecular weight is 486 g/mol. The molecule has 9 heteroatoms. The molecule has 2 fully saturated rings. The summed E-state index contributed by atoms with van der Waals surface area (Å²) in [6.07, 6.45) is 2.90. The largest absolute Gasteiger partial charge is 0.494 e. The van der Waals surface area contributed by atoms with Gasteiger partial charge in [0.05, 0.1) is 12.3 Å². The van der Waals surface area contributed by atoms with Gasteiger partial charge in [0.25, 0.3) is 5.91 Å². The summed E-state index contributed by atoms with van der Waals surface area (Å²) in [7, 11) is 0. The molecule has 8 nitrogen and oxygen atoms in total. The molecule has 4 rings (SSSR count). The third-order valence-electron chi connectivity index (χ3n) is 6.25. The van der Waals surface area contributed by atoms with Crippen molar-refractivity contribution < 1.29 is 23.9 Å². The Morgan fingerprint density at radius 2 is 1.82 bits per heavy atom. The Kier molecular flexibility index (Phi) is 6.97. The maximum Gasteiger partial charge on any atom is 0.325 e. The van der Waals surface area contributed by atoms with Gasteiger partial charge in [0.1, 0.15) is 23.6 Å². The third-order valence-corrected chi connectivity index (χ3v) is 6.49. The Morgan fingerprint density at radius 1 is 1.15 bits per heavy atom. The van der Waals surface area contributed by atoms with Gasteiger partial charge >= 0.3 is 6.03 Å². The second-order valence-electron chi connectivity index (χ2n) is 8.78. The minimum absolute atomic E-state index is 0.333. The average Bonchev–Trinajstić information content (AvgIpc) is 3.03. The molecule has 1 aliphatic carbocycles. The maximum absolute atomic E-state index is 13.0. The first-order chi connectivity index (χ1) is 16.3. The van der Waals surface area contributed by atoms with Crippen LogP contribution in [0.15, 0.2) is 42.5 Å². The van der Waals surface area contributed by atoms with Crippen LogP contribution >= 0.6 is 11.6 Å². The molecule has 1 saturated carbocycles. The lowest BCUT2D eigenvalue weighted by molar-refractivity contribution is -0.135. The first-order valence-corrected chi connectivity index (χ1v) is 11.8. The van der Waals surface area contributed by atoms with Crippen LogP contribution in [0.4, 0.5) is 10.5 Å². The molecule has 180 valence electrons. The molecule has 1 heterocycles. The zero-order valence-electron chi connectivity index (χ0n) is 19.2. The number of amides is 4. The summed E-state index contributed by atoms with van der Waals surface area (Å²) in [6.45, 7) is 4.21. The van der Waals surface area contributed by atoms with Gasteiger partial charge in [0, 0.05) is 5.02 Å². The molecule has 2 N–H and O–H groups in total. The summed E-state index contributed by atoms with van der Waals surface area (Å²) >= 11 is 6.13.